The summed E-state index contributed by atoms with van der Waals surface area (Å²) in [7, 11) is 0. The Hall–Kier alpha value is -2.76. The predicted octanol–water partition coefficient (Wildman–Crippen LogP) is 2.89. The van der Waals surface area contributed by atoms with Gasteiger partial charge in [-0.05, 0) is 25.3 Å². The number of hydrogen-bond donors (Lipinski definition) is 1. The van der Waals surface area contributed by atoms with Crippen molar-refractivity contribution in [2.75, 3.05) is 6.61 Å². The minimum absolute atomic E-state index is 0.196. The van der Waals surface area contributed by atoms with Crippen LogP contribution in [0.5, 0.6) is 0 Å². The van der Waals surface area contributed by atoms with Gasteiger partial charge in [0.2, 0.25) is 0 Å². The Bertz CT molecular complexity index is 589. The lowest BCUT2D eigenvalue weighted by molar-refractivity contribution is -0.137. The quantitative estimate of drug-likeness (QED) is 0.437. The van der Waals surface area contributed by atoms with Gasteiger partial charge in [-0.25, -0.2) is 0 Å². The van der Waals surface area contributed by atoms with Gasteiger partial charge in [-0.2, -0.15) is 10.2 Å². The fourth-order valence-corrected chi connectivity index (χ4v) is 2.03. The zero-order chi connectivity index (χ0) is 16.3. The Morgan fingerprint density at radius 1 is 1.04 bits per heavy atom. The summed E-state index contributed by atoms with van der Waals surface area (Å²) in [5.74, 6) is -0.763. The number of carboxylic acids is 1. The van der Waals surface area contributed by atoms with Crippen LogP contribution in [0.1, 0.15) is 36.8 Å². The summed E-state index contributed by atoms with van der Waals surface area (Å²) in [6.45, 7) is 0.453. The molecule has 2 aromatic rings. The summed E-state index contributed by atoms with van der Waals surface area (Å²) in [6, 6.07) is 11.5. The van der Waals surface area contributed by atoms with Gasteiger partial charge in [-0.15, -0.1) is 0 Å². The zero-order valence-electron chi connectivity index (χ0n) is 12.8. The molecule has 6 heteroatoms. The van der Waals surface area contributed by atoms with Crippen LogP contribution in [0, 0.1) is 0 Å². The molecule has 0 aliphatic heterocycles. The van der Waals surface area contributed by atoms with Crippen molar-refractivity contribution in [3.05, 3.63) is 59.9 Å². The van der Waals surface area contributed by atoms with Crippen molar-refractivity contribution in [1.82, 2.24) is 10.2 Å². The molecule has 0 aliphatic rings. The molecule has 0 amide bonds. The van der Waals surface area contributed by atoms with E-state index in [9.17, 15) is 4.79 Å². The van der Waals surface area contributed by atoms with Gasteiger partial charge in [0.1, 0.15) is 12.3 Å². The highest BCUT2D eigenvalue weighted by molar-refractivity contribution is 6.12. The van der Waals surface area contributed by atoms with E-state index in [1.807, 2.05) is 36.4 Å². The fraction of sp³-hybridized carbons (Fsp3) is 0.294. The van der Waals surface area contributed by atoms with Crippen molar-refractivity contribution in [3.63, 3.8) is 0 Å². The molecule has 120 valence electrons. The maximum absolute atomic E-state index is 10.4. The fourth-order valence-electron chi connectivity index (χ4n) is 2.03. The maximum Gasteiger partial charge on any atom is 0.303 e. The number of benzene rings is 1. The highest BCUT2D eigenvalue weighted by atomic mass is 16.6. The third-order valence-electron chi connectivity index (χ3n) is 3.19. The van der Waals surface area contributed by atoms with Crippen molar-refractivity contribution in [2.45, 2.75) is 25.7 Å². The summed E-state index contributed by atoms with van der Waals surface area (Å²) in [5, 5.41) is 20.5. The van der Waals surface area contributed by atoms with E-state index in [0.29, 0.717) is 18.7 Å². The van der Waals surface area contributed by atoms with Crippen LogP contribution in [0.3, 0.4) is 0 Å². The molecule has 6 nitrogen and oxygen atoms in total. The van der Waals surface area contributed by atoms with Crippen molar-refractivity contribution in [3.8, 4) is 0 Å². The lowest BCUT2D eigenvalue weighted by Crippen LogP contribution is -2.06. The number of aliphatic carboxylic acids is 1. The van der Waals surface area contributed by atoms with Gasteiger partial charge in [0, 0.05) is 17.5 Å². The maximum atomic E-state index is 10.4. The van der Waals surface area contributed by atoms with Gasteiger partial charge in [-0.3, -0.25) is 4.79 Å². The highest BCUT2D eigenvalue weighted by Gasteiger charge is 2.08. The lowest BCUT2D eigenvalue weighted by atomic mass is 10.1. The molecule has 2 rings (SSSR count). The van der Waals surface area contributed by atoms with Crippen molar-refractivity contribution < 1.29 is 14.7 Å². The zero-order valence-corrected chi connectivity index (χ0v) is 12.8. The number of aromatic nitrogens is 2. The first kappa shape index (κ1) is 16.6. The minimum Gasteiger partial charge on any atom is -0.481 e. The largest absolute Gasteiger partial charge is 0.481 e. The van der Waals surface area contributed by atoms with Gasteiger partial charge in [0.25, 0.3) is 0 Å². The molecule has 1 aromatic heterocycles. The van der Waals surface area contributed by atoms with Crippen LogP contribution in [0.4, 0.5) is 0 Å². The summed E-state index contributed by atoms with van der Waals surface area (Å²) >= 11 is 0. The van der Waals surface area contributed by atoms with E-state index < -0.39 is 5.97 Å². The standard InChI is InChI=1S/C17H19N3O3/c21-16(22)9-5-2-6-12-23-20-17(14-7-3-1-4-8-14)15-10-11-18-19-13-15/h1,3-4,7-8,10-11,13H,2,5-6,9,12H2,(H,21,22)/b20-17-. The number of rotatable bonds is 9. The summed E-state index contributed by atoms with van der Waals surface area (Å²) in [4.78, 5) is 15.8. The van der Waals surface area contributed by atoms with E-state index in [0.717, 1.165) is 24.0 Å². The molecule has 0 spiro atoms. The van der Waals surface area contributed by atoms with Crippen molar-refractivity contribution in [2.24, 2.45) is 5.16 Å². The monoisotopic (exact) mass is 313 g/mol. The molecule has 0 saturated heterocycles. The van der Waals surface area contributed by atoms with Gasteiger partial charge >= 0.3 is 5.97 Å². The first-order valence-corrected chi connectivity index (χ1v) is 7.51. The van der Waals surface area contributed by atoms with Crippen molar-refractivity contribution >= 4 is 11.7 Å². The molecule has 0 saturated carbocycles. The number of carboxylic acid groups (broad SMARTS) is 1. The molecule has 0 fully saturated rings. The van der Waals surface area contributed by atoms with E-state index in [-0.39, 0.29) is 6.42 Å². The molecule has 0 aliphatic carbocycles. The first-order chi connectivity index (χ1) is 11.3. The Balaban J connectivity index is 1.94. The Morgan fingerprint density at radius 3 is 2.57 bits per heavy atom. The Kier molecular flexibility index (Phi) is 6.71. The summed E-state index contributed by atoms with van der Waals surface area (Å²) in [6.07, 6.45) is 5.68. The van der Waals surface area contributed by atoms with Crippen LogP contribution >= 0.6 is 0 Å². The lowest BCUT2D eigenvalue weighted by Gasteiger charge is -2.06. The Labute approximate surface area is 134 Å². The summed E-state index contributed by atoms with van der Waals surface area (Å²) < 4.78 is 0. The molecule has 1 heterocycles. The van der Waals surface area contributed by atoms with E-state index in [1.54, 1.807) is 12.4 Å². The smallest absolute Gasteiger partial charge is 0.303 e. The molecule has 0 bridgehead atoms. The average Bonchev–Trinajstić information content (AvgIpc) is 2.59. The highest BCUT2D eigenvalue weighted by Crippen LogP contribution is 2.10. The second kappa shape index (κ2) is 9.30. The first-order valence-electron chi connectivity index (χ1n) is 7.51. The number of nitrogens with zero attached hydrogens (tertiary/aromatic N) is 3. The number of unbranched alkanes of at least 4 members (excludes halogenated alkanes) is 2. The van der Waals surface area contributed by atoms with E-state index in [2.05, 4.69) is 15.4 Å². The third kappa shape index (κ3) is 5.86. The molecule has 0 atom stereocenters. The normalized spacial score (nSPS) is 11.2. The van der Waals surface area contributed by atoms with Crippen LogP contribution < -0.4 is 0 Å². The molecule has 0 radical (unpaired) electrons. The molecule has 0 unspecified atom stereocenters. The van der Waals surface area contributed by atoms with E-state index in [4.69, 9.17) is 9.94 Å². The van der Waals surface area contributed by atoms with Gasteiger partial charge in [0.15, 0.2) is 0 Å². The molecule has 23 heavy (non-hydrogen) atoms. The van der Waals surface area contributed by atoms with E-state index in [1.165, 1.54) is 0 Å². The Morgan fingerprint density at radius 2 is 1.87 bits per heavy atom. The molecule has 1 N–H and O–H groups in total. The predicted molar refractivity (Wildman–Crippen MR) is 86.2 cm³/mol. The van der Waals surface area contributed by atoms with Crippen LogP contribution in [0.15, 0.2) is 53.9 Å². The molecular formula is C17H19N3O3. The second-order valence-corrected chi connectivity index (χ2v) is 4.97. The molecular weight excluding hydrogens is 294 g/mol. The van der Waals surface area contributed by atoms with E-state index >= 15 is 0 Å². The van der Waals surface area contributed by atoms with Crippen LogP contribution in [-0.4, -0.2) is 33.6 Å². The molecule has 1 aromatic carbocycles. The van der Waals surface area contributed by atoms with Crippen LogP contribution in [0.2, 0.25) is 0 Å². The van der Waals surface area contributed by atoms with Crippen molar-refractivity contribution in [1.29, 1.82) is 0 Å². The van der Waals surface area contributed by atoms with Crippen LogP contribution in [-0.2, 0) is 9.63 Å². The van der Waals surface area contributed by atoms with Gasteiger partial charge in [0.05, 0.1) is 12.4 Å². The summed E-state index contributed by atoms with van der Waals surface area (Å²) in [5.41, 5.74) is 2.47. The average molecular weight is 313 g/mol. The number of oxime groups is 1. The number of carbonyl (C=O) groups is 1. The van der Waals surface area contributed by atoms with Crippen LogP contribution in [0.25, 0.3) is 0 Å². The van der Waals surface area contributed by atoms with Gasteiger partial charge in [-0.1, -0.05) is 35.5 Å². The van der Waals surface area contributed by atoms with Gasteiger partial charge < -0.3 is 9.94 Å². The third-order valence-corrected chi connectivity index (χ3v) is 3.19. The topological polar surface area (TPSA) is 84.7 Å². The SMILES string of the molecule is O=C(O)CCCCCO/N=C(/c1ccccc1)c1ccnnc1. The minimum atomic E-state index is -0.763. The second-order valence-electron chi connectivity index (χ2n) is 4.97. The number of hydrogen-bond acceptors (Lipinski definition) is 5.